The fourth-order valence-corrected chi connectivity index (χ4v) is 1.74. The first-order valence-corrected chi connectivity index (χ1v) is 6.34. The van der Waals surface area contributed by atoms with Gasteiger partial charge in [0.25, 0.3) is 0 Å². The molecule has 0 aromatic carbocycles. The average Bonchev–Trinajstić information content (AvgIpc) is 2.38. The number of nitrogens with zero attached hydrogens (tertiary/aromatic N) is 2. The van der Waals surface area contributed by atoms with E-state index in [1.54, 1.807) is 12.1 Å². The number of carbonyl (C=O) groups is 1. The van der Waals surface area contributed by atoms with Crippen LogP contribution >= 0.6 is 0 Å². The fourth-order valence-electron chi connectivity index (χ4n) is 1.74. The van der Waals surface area contributed by atoms with E-state index in [1.807, 2.05) is 0 Å². The molecule has 100 valence electrons. The first-order chi connectivity index (χ1) is 8.67. The van der Waals surface area contributed by atoms with Crippen molar-refractivity contribution in [3.63, 3.8) is 0 Å². The van der Waals surface area contributed by atoms with Crippen LogP contribution in [-0.4, -0.2) is 47.1 Å². The SMILES string of the molecule is CCCN(CC)CCNc1cccc(C(=O)O)n1. The minimum Gasteiger partial charge on any atom is -0.477 e. The van der Waals surface area contributed by atoms with Gasteiger partial charge in [0.2, 0.25) is 0 Å². The number of hydrogen-bond donors (Lipinski definition) is 2. The molecule has 5 heteroatoms. The fraction of sp³-hybridized carbons (Fsp3) is 0.538. The lowest BCUT2D eigenvalue weighted by molar-refractivity contribution is 0.0690. The normalized spacial score (nSPS) is 10.6. The largest absolute Gasteiger partial charge is 0.477 e. The van der Waals surface area contributed by atoms with E-state index in [4.69, 9.17) is 5.11 Å². The zero-order valence-corrected chi connectivity index (χ0v) is 11.0. The van der Waals surface area contributed by atoms with Gasteiger partial charge in [0, 0.05) is 13.1 Å². The van der Waals surface area contributed by atoms with Crippen molar-refractivity contribution in [3.05, 3.63) is 23.9 Å². The van der Waals surface area contributed by atoms with Crippen molar-refractivity contribution in [2.24, 2.45) is 0 Å². The number of aromatic nitrogens is 1. The van der Waals surface area contributed by atoms with E-state index in [9.17, 15) is 4.79 Å². The van der Waals surface area contributed by atoms with E-state index in [-0.39, 0.29) is 5.69 Å². The minimum absolute atomic E-state index is 0.0703. The van der Waals surface area contributed by atoms with Crippen molar-refractivity contribution in [1.29, 1.82) is 0 Å². The van der Waals surface area contributed by atoms with Crippen LogP contribution in [0.2, 0.25) is 0 Å². The van der Waals surface area contributed by atoms with Gasteiger partial charge in [-0.25, -0.2) is 9.78 Å². The Morgan fingerprint density at radius 2 is 2.17 bits per heavy atom. The Bertz CT molecular complexity index is 382. The Balaban J connectivity index is 2.43. The van der Waals surface area contributed by atoms with Crippen molar-refractivity contribution >= 4 is 11.8 Å². The molecule has 0 amide bonds. The van der Waals surface area contributed by atoms with Crippen LogP contribution in [0.1, 0.15) is 30.8 Å². The maximum Gasteiger partial charge on any atom is 0.354 e. The summed E-state index contributed by atoms with van der Waals surface area (Å²) in [6, 6.07) is 4.97. The number of nitrogens with one attached hydrogen (secondary N) is 1. The number of carboxylic acid groups (broad SMARTS) is 1. The molecule has 18 heavy (non-hydrogen) atoms. The molecule has 2 N–H and O–H groups in total. The predicted octanol–water partition coefficient (Wildman–Crippen LogP) is 1.92. The molecule has 0 fully saturated rings. The lowest BCUT2D eigenvalue weighted by Crippen LogP contribution is -2.29. The molecule has 0 aliphatic rings. The van der Waals surface area contributed by atoms with E-state index >= 15 is 0 Å². The summed E-state index contributed by atoms with van der Waals surface area (Å²) in [4.78, 5) is 17.1. The average molecular weight is 251 g/mol. The van der Waals surface area contributed by atoms with Gasteiger partial charge in [-0.2, -0.15) is 0 Å². The summed E-state index contributed by atoms with van der Waals surface area (Å²) < 4.78 is 0. The van der Waals surface area contributed by atoms with E-state index < -0.39 is 5.97 Å². The number of likely N-dealkylation sites (N-methyl/N-ethyl adjacent to an activating group) is 1. The molecule has 0 aliphatic heterocycles. The lowest BCUT2D eigenvalue weighted by atomic mass is 10.3. The van der Waals surface area contributed by atoms with Crippen molar-refractivity contribution in [2.75, 3.05) is 31.5 Å². The Morgan fingerprint density at radius 3 is 2.78 bits per heavy atom. The van der Waals surface area contributed by atoms with Gasteiger partial charge in [-0.1, -0.05) is 19.9 Å². The highest BCUT2D eigenvalue weighted by Gasteiger charge is 2.05. The highest BCUT2D eigenvalue weighted by molar-refractivity contribution is 5.85. The van der Waals surface area contributed by atoms with E-state index in [1.165, 1.54) is 6.07 Å². The Labute approximate surface area is 108 Å². The molecule has 1 rings (SSSR count). The second kappa shape index (κ2) is 7.66. The van der Waals surface area contributed by atoms with Gasteiger partial charge in [-0.3, -0.25) is 0 Å². The number of pyridine rings is 1. The van der Waals surface area contributed by atoms with Crippen LogP contribution in [-0.2, 0) is 0 Å². The van der Waals surface area contributed by atoms with Crippen molar-refractivity contribution in [2.45, 2.75) is 20.3 Å². The van der Waals surface area contributed by atoms with E-state index in [0.717, 1.165) is 32.6 Å². The molecule has 5 nitrogen and oxygen atoms in total. The molecule has 1 aromatic rings. The molecule has 0 aliphatic carbocycles. The van der Waals surface area contributed by atoms with Crippen molar-refractivity contribution in [3.8, 4) is 0 Å². The standard InChI is InChI=1S/C13H21N3O2/c1-3-9-16(4-2)10-8-14-12-7-5-6-11(15-12)13(17)18/h5-7H,3-4,8-10H2,1-2H3,(H,14,15)(H,17,18). The summed E-state index contributed by atoms with van der Waals surface area (Å²) in [5, 5.41) is 12.0. The van der Waals surface area contributed by atoms with E-state index in [0.29, 0.717) is 5.82 Å². The van der Waals surface area contributed by atoms with Crippen LogP contribution < -0.4 is 5.32 Å². The first kappa shape index (κ1) is 14.4. The summed E-state index contributed by atoms with van der Waals surface area (Å²) in [6.45, 7) is 8.11. The third kappa shape index (κ3) is 4.71. The van der Waals surface area contributed by atoms with Crippen molar-refractivity contribution in [1.82, 2.24) is 9.88 Å². The molecule has 0 atom stereocenters. The number of aromatic carboxylic acids is 1. The second-order valence-electron chi connectivity index (χ2n) is 4.07. The number of hydrogen-bond acceptors (Lipinski definition) is 4. The molecule has 0 radical (unpaired) electrons. The zero-order chi connectivity index (χ0) is 13.4. The summed E-state index contributed by atoms with van der Waals surface area (Å²) in [6.07, 6.45) is 1.14. The third-order valence-electron chi connectivity index (χ3n) is 2.69. The maximum atomic E-state index is 10.8. The molecular weight excluding hydrogens is 230 g/mol. The maximum absolute atomic E-state index is 10.8. The third-order valence-corrected chi connectivity index (χ3v) is 2.69. The summed E-state index contributed by atoms with van der Waals surface area (Å²) in [7, 11) is 0. The smallest absolute Gasteiger partial charge is 0.354 e. The second-order valence-corrected chi connectivity index (χ2v) is 4.07. The van der Waals surface area contributed by atoms with Crippen molar-refractivity contribution < 1.29 is 9.90 Å². The van der Waals surface area contributed by atoms with Crippen LogP contribution in [0, 0.1) is 0 Å². The highest BCUT2D eigenvalue weighted by atomic mass is 16.4. The quantitative estimate of drug-likeness (QED) is 0.739. The van der Waals surface area contributed by atoms with Crippen LogP contribution in [0.25, 0.3) is 0 Å². The highest BCUT2D eigenvalue weighted by Crippen LogP contribution is 2.04. The molecule has 1 heterocycles. The monoisotopic (exact) mass is 251 g/mol. The molecule has 0 unspecified atom stereocenters. The molecule has 0 bridgehead atoms. The van der Waals surface area contributed by atoms with E-state index in [2.05, 4.69) is 29.0 Å². The number of rotatable bonds is 8. The molecular formula is C13H21N3O2. The first-order valence-electron chi connectivity index (χ1n) is 6.34. The summed E-state index contributed by atoms with van der Waals surface area (Å²) in [5.41, 5.74) is 0.0703. The Kier molecular flexibility index (Phi) is 6.14. The lowest BCUT2D eigenvalue weighted by Gasteiger charge is -2.19. The number of carboxylic acids is 1. The molecule has 0 spiro atoms. The van der Waals surface area contributed by atoms with Gasteiger partial charge in [0.15, 0.2) is 5.69 Å². The predicted molar refractivity (Wildman–Crippen MR) is 72.1 cm³/mol. The van der Waals surface area contributed by atoms with Crippen LogP contribution in [0.4, 0.5) is 5.82 Å². The molecule has 0 saturated heterocycles. The Morgan fingerprint density at radius 1 is 1.39 bits per heavy atom. The topological polar surface area (TPSA) is 65.5 Å². The van der Waals surface area contributed by atoms with Gasteiger partial charge >= 0.3 is 5.97 Å². The van der Waals surface area contributed by atoms with Gasteiger partial charge in [0.1, 0.15) is 5.82 Å². The van der Waals surface area contributed by atoms with Gasteiger partial charge in [-0.15, -0.1) is 0 Å². The van der Waals surface area contributed by atoms with Crippen LogP contribution in [0.15, 0.2) is 18.2 Å². The summed E-state index contributed by atoms with van der Waals surface area (Å²) in [5.74, 6) is -0.387. The molecule has 0 saturated carbocycles. The van der Waals surface area contributed by atoms with Crippen LogP contribution in [0.3, 0.4) is 0 Å². The van der Waals surface area contributed by atoms with Gasteiger partial charge in [-0.05, 0) is 31.6 Å². The van der Waals surface area contributed by atoms with Gasteiger partial charge < -0.3 is 15.3 Å². The number of anilines is 1. The Hall–Kier alpha value is -1.62. The molecule has 1 aromatic heterocycles. The summed E-state index contributed by atoms with van der Waals surface area (Å²) >= 11 is 0. The minimum atomic E-state index is -1.00. The zero-order valence-electron chi connectivity index (χ0n) is 11.0. The van der Waals surface area contributed by atoms with Crippen LogP contribution in [0.5, 0.6) is 0 Å². The van der Waals surface area contributed by atoms with Gasteiger partial charge in [0.05, 0.1) is 0 Å².